The predicted molar refractivity (Wildman–Crippen MR) is 123 cm³/mol. The molecule has 1 N–H and O–H groups in total. The fourth-order valence-corrected chi connectivity index (χ4v) is 3.22. The van der Waals surface area contributed by atoms with Gasteiger partial charge in [-0.1, -0.05) is 48.5 Å². The highest BCUT2D eigenvalue weighted by Crippen LogP contribution is 2.28. The van der Waals surface area contributed by atoms with Gasteiger partial charge in [0, 0.05) is 18.2 Å². The van der Waals surface area contributed by atoms with Gasteiger partial charge in [0.2, 0.25) is 0 Å². The maximum absolute atomic E-state index is 13.1. The highest BCUT2D eigenvalue weighted by molar-refractivity contribution is 6.05. The number of amides is 1. The molecule has 0 aliphatic carbocycles. The van der Waals surface area contributed by atoms with E-state index in [9.17, 15) is 9.59 Å². The number of ether oxygens (including phenoxy) is 1. The van der Waals surface area contributed by atoms with Crippen LogP contribution < -0.4 is 5.32 Å². The Morgan fingerprint density at radius 1 is 0.935 bits per heavy atom. The summed E-state index contributed by atoms with van der Waals surface area (Å²) in [5, 5.41) is 2.88. The fraction of sp³-hybridized carbons (Fsp3) is 0.160. The second kappa shape index (κ2) is 8.07. The van der Waals surface area contributed by atoms with Crippen LogP contribution in [0.4, 0.5) is 10.5 Å². The van der Waals surface area contributed by atoms with Crippen molar-refractivity contribution in [2.45, 2.75) is 26.4 Å². The summed E-state index contributed by atoms with van der Waals surface area (Å²) >= 11 is 0. The average Bonchev–Trinajstić information content (AvgIpc) is 3.13. The fourth-order valence-electron chi connectivity index (χ4n) is 3.22. The van der Waals surface area contributed by atoms with E-state index < -0.39 is 11.7 Å². The van der Waals surface area contributed by atoms with E-state index in [1.807, 2.05) is 69.3 Å². The lowest BCUT2D eigenvalue weighted by Crippen LogP contribution is -2.27. The number of hydrogen-bond acceptors (Lipinski definition) is 4. The van der Waals surface area contributed by atoms with Gasteiger partial charge >= 0.3 is 6.09 Å². The Hall–Kier alpha value is -3.93. The van der Waals surface area contributed by atoms with Crippen molar-refractivity contribution in [1.82, 2.24) is 9.55 Å². The Morgan fingerprint density at radius 2 is 1.58 bits per heavy atom. The van der Waals surface area contributed by atoms with Gasteiger partial charge in [0.15, 0.2) is 5.82 Å². The van der Waals surface area contributed by atoms with Gasteiger partial charge in [0.25, 0.3) is 5.91 Å². The first kappa shape index (κ1) is 20.3. The summed E-state index contributed by atoms with van der Waals surface area (Å²) in [6.07, 6.45) is -0.527. The number of carbonyl (C=O) groups excluding carboxylic acids is 2. The molecule has 6 nitrogen and oxygen atoms in total. The molecule has 0 saturated heterocycles. The molecular weight excluding hydrogens is 390 g/mol. The minimum atomic E-state index is -0.666. The van der Waals surface area contributed by atoms with Crippen LogP contribution in [0.5, 0.6) is 0 Å². The molecule has 1 heterocycles. The first-order valence-electron chi connectivity index (χ1n) is 9.99. The van der Waals surface area contributed by atoms with Crippen molar-refractivity contribution in [1.29, 1.82) is 0 Å². The van der Waals surface area contributed by atoms with Crippen molar-refractivity contribution in [3.05, 3.63) is 84.4 Å². The van der Waals surface area contributed by atoms with Crippen LogP contribution in [0.3, 0.4) is 0 Å². The maximum atomic E-state index is 13.1. The molecule has 158 valence electrons. The number of rotatable bonds is 3. The molecular formula is C25H25N3O3. The SMILES string of the molecule is CC(C)(C)OC(=O)n1c(-c2ccccc2)nc2ccc(NC(=O)c3ccccc3)cc21.[HH]. The lowest BCUT2D eigenvalue weighted by Gasteiger charge is -2.20. The zero-order valence-electron chi connectivity index (χ0n) is 17.6. The molecule has 0 spiro atoms. The molecule has 0 fully saturated rings. The number of anilines is 1. The lowest BCUT2D eigenvalue weighted by molar-refractivity contribution is 0.0546. The van der Waals surface area contributed by atoms with E-state index in [-0.39, 0.29) is 7.33 Å². The Labute approximate surface area is 182 Å². The molecule has 0 bridgehead atoms. The third-order valence-electron chi connectivity index (χ3n) is 4.56. The molecule has 0 saturated carbocycles. The second-order valence-electron chi connectivity index (χ2n) is 8.14. The monoisotopic (exact) mass is 415 g/mol. The summed E-state index contributed by atoms with van der Waals surface area (Å²) in [6.45, 7) is 5.45. The third kappa shape index (κ3) is 4.48. The molecule has 0 radical (unpaired) electrons. The minimum absolute atomic E-state index is 0. The second-order valence-corrected chi connectivity index (χ2v) is 8.14. The highest BCUT2D eigenvalue weighted by Gasteiger charge is 2.24. The quantitative estimate of drug-likeness (QED) is 0.446. The van der Waals surface area contributed by atoms with Crippen LogP contribution in [0.1, 0.15) is 32.6 Å². The summed E-state index contributed by atoms with van der Waals surface area (Å²) in [4.78, 5) is 30.3. The van der Waals surface area contributed by atoms with Crippen molar-refractivity contribution in [2.24, 2.45) is 0 Å². The Balaban J connectivity index is 0.00000289. The smallest absolute Gasteiger partial charge is 0.420 e. The van der Waals surface area contributed by atoms with Crippen molar-refractivity contribution >= 4 is 28.7 Å². The number of fused-ring (bicyclic) bond motifs is 1. The normalized spacial score (nSPS) is 11.3. The summed E-state index contributed by atoms with van der Waals surface area (Å²) in [5.41, 5.74) is 2.42. The van der Waals surface area contributed by atoms with Crippen LogP contribution in [0.2, 0.25) is 0 Å². The molecule has 1 amide bonds. The summed E-state index contributed by atoms with van der Waals surface area (Å²) < 4.78 is 7.09. The van der Waals surface area contributed by atoms with Crippen LogP contribution in [-0.4, -0.2) is 27.2 Å². The van der Waals surface area contributed by atoms with Gasteiger partial charge < -0.3 is 10.1 Å². The van der Waals surface area contributed by atoms with E-state index >= 15 is 0 Å². The maximum Gasteiger partial charge on any atom is 0.420 e. The van der Waals surface area contributed by atoms with Gasteiger partial charge in [-0.2, -0.15) is 0 Å². The summed E-state index contributed by atoms with van der Waals surface area (Å²) in [5.74, 6) is 0.253. The molecule has 0 aliphatic heterocycles. The van der Waals surface area contributed by atoms with Crippen LogP contribution in [0, 0.1) is 0 Å². The van der Waals surface area contributed by atoms with E-state index in [0.29, 0.717) is 28.1 Å². The van der Waals surface area contributed by atoms with E-state index in [2.05, 4.69) is 10.3 Å². The Kier molecular flexibility index (Phi) is 5.29. The Bertz CT molecular complexity index is 1250. The molecule has 0 aliphatic rings. The van der Waals surface area contributed by atoms with Crippen molar-refractivity contribution < 1.29 is 15.8 Å². The topological polar surface area (TPSA) is 73.2 Å². The van der Waals surface area contributed by atoms with Crippen LogP contribution in [0.15, 0.2) is 78.9 Å². The van der Waals surface area contributed by atoms with Crippen LogP contribution >= 0.6 is 0 Å². The highest BCUT2D eigenvalue weighted by atomic mass is 16.6. The number of benzene rings is 3. The number of imidazole rings is 1. The first-order valence-corrected chi connectivity index (χ1v) is 9.99. The summed E-state index contributed by atoms with van der Waals surface area (Å²) in [7, 11) is 0. The number of carbonyl (C=O) groups is 2. The molecule has 31 heavy (non-hydrogen) atoms. The zero-order chi connectivity index (χ0) is 22.0. The Morgan fingerprint density at radius 3 is 2.23 bits per heavy atom. The van der Waals surface area contributed by atoms with Gasteiger partial charge in [-0.3, -0.25) is 4.79 Å². The van der Waals surface area contributed by atoms with Gasteiger partial charge in [0.05, 0.1) is 11.0 Å². The number of nitrogens with zero attached hydrogens (tertiary/aromatic N) is 2. The molecule has 3 aromatic carbocycles. The van der Waals surface area contributed by atoms with Crippen LogP contribution in [-0.2, 0) is 4.74 Å². The van der Waals surface area contributed by atoms with Crippen molar-refractivity contribution in [3.63, 3.8) is 0 Å². The molecule has 6 heteroatoms. The third-order valence-corrected chi connectivity index (χ3v) is 4.56. The van der Waals surface area contributed by atoms with E-state index in [1.54, 1.807) is 30.3 Å². The standard InChI is InChI=1S/C25H23N3O3.H2/c1-25(2,3)31-24(30)28-21-16-19(26-23(29)18-12-8-5-9-13-18)14-15-20(21)27-22(28)17-10-6-4-7-11-17;/h4-16H,1-3H3,(H,26,29);1H. The predicted octanol–water partition coefficient (Wildman–Crippen LogP) is 5.98. The van der Waals surface area contributed by atoms with Crippen LogP contribution in [0.25, 0.3) is 22.4 Å². The lowest BCUT2D eigenvalue weighted by atomic mass is 10.2. The number of nitrogens with one attached hydrogen (secondary N) is 1. The molecule has 0 atom stereocenters. The van der Waals surface area contributed by atoms with Gasteiger partial charge in [-0.05, 0) is 51.1 Å². The zero-order valence-corrected chi connectivity index (χ0v) is 17.6. The number of hydrogen-bond donors (Lipinski definition) is 1. The first-order chi connectivity index (χ1) is 14.8. The van der Waals surface area contributed by atoms with Gasteiger partial charge in [-0.25, -0.2) is 14.3 Å². The molecule has 4 aromatic rings. The van der Waals surface area contributed by atoms with Crippen molar-refractivity contribution in [2.75, 3.05) is 5.32 Å². The molecule has 4 rings (SSSR count). The van der Waals surface area contributed by atoms with Gasteiger partial charge in [0.1, 0.15) is 5.60 Å². The van der Waals surface area contributed by atoms with E-state index in [1.165, 1.54) is 4.57 Å². The van der Waals surface area contributed by atoms with E-state index in [0.717, 1.165) is 5.56 Å². The average molecular weight is 415 g/mol. The van der Waals surface area contributed by atoms with Crippen molar-refractivity contribution in [3.8, 4) is 11.4 Å². The van der Waals surface area contributed by atoms with Gasteiger partial charge in [-0.15, -0.1) is 0 Å². The summed E-state index contributed by atoms with van der Waals surface area (Å²) in [6, 6.07) is 23.7. The largest absolute Gasteiger partial charge is 0.443 e. The molecule has 1 aromatic heterocycles. The minimum Gasteiger partial charge on any atom is -0.443 e. The van der Waals surface area contributed by atoms with E-state index in [4.69, 9.17) is 4.74 Å². The number of aromatic nitrogens is 2. The molecule has 0 unspecified atom stereocenters.